The van der Waals surface area contributed by atoms with Crippen LogP contribution in [0.15, 0.2) is 40.9 Å². The predicted octanol–water partition coefficient (Wildman–Crippen LogP) is 0.978. The fourth-order valence-corrected chi connectivity index (χ4v) is 3.88. The molecule has 1 amide bonds. The molecule has 26 heavy (non-hydrogen) atoms. The van der Waals surface area contributed by atoms with Crippen LogP contribution in [-0.4, -0.2) is 62.9 Å². The molecule has 1 aromatic heterocycles. The Labute approximate surface area is 152 Å². The van der Waals surface area contributed by atoms with Crippen molar-refractivity contribution in [2.75, 3.05) is 33.1 Å². The molecule has 0 spiro atoms. The number of carbonyl (C=O) groups is 1. The standard InChI is InChI=1S/C17H21N3O5S/c1-20(2)26(22,23)11-13-9-24-10-15(13)18-17(21)16-8-14(19-25-16)12-6-4-3-5-7-12/h3-8,13,15H,9-11H2,1-2H3,(H,18,21)/t13-,15+/m0/s1. The van der Waals surface area contributed by atoms with Gasteiger partial charge >= 0.3 is 0 Å². The van der Waals surface area contributed by atoms with E-state index in [4.69, 9.17) is 9.26 Å². The molecule has 0 aliphatic carbocycles. The number of rotatable bonds is 6. The Kier molecular flexibility index (Phi) is 5.40. The number of nitrogens with one attached hydrogen (secondary N) is 1. The Morgan fingerprint density at radius 3 is 2.69 bits per heavy atom. The van der Waals surface area contributed by atoms with Crippen LogP contribution in [0.2, 0.25) is 0 Å². The first-order valence-electron chi connectivity index (χ1n) is 8.18. The van der Waals surface area contributed by atoms with E-state index in [0.29, 0.717) is 5.69 Å². The molecule has 8 nitrogen and oxygen atoms in total. The molecular weight excluding hydrogens is 358 g/mol. The van der Waals surface area contributed by atoms with Crippen molar-refractivity contribution in [3.63, 3.8) is 0 Å². The SMILES string of the molecule is CN(C)S(=O)(=O)C[C@@H]1COC[C@H]1NC(=O)c1cc(-c2ccccc2)no1. The quantitative estimate of drug-likeness (QED) is 0.803. The van der Waals surface area contributed by atoms with Crippen LogP contribution < -0.4 is 5.32 Å². The molecule has 1 N–H and O–H groups in total. The minimum atomic E-state index is -3.38. The molecule has 1 aromatic carbocycles. The van der Waals surface area contributed by atoms with E-state index in [9.17, 15) is 13.2 Å². The summed E-state index contributed by atoms with van der Waals surface area (Å²) in [6.45, 7) is 0.544. The fourth-order valence-electron chi connectivity index (χ4n) is 2.71. The summed E-state index contributed by atoms with van der Waals surface area (Å²) in [6, 6.07) is 10.5. The second kappa shape index (κ2) is 7.56. The molecule has 0 bridgehead atoms. The van der Waals surface area contributed by atoms with E-state index in [0.717, 1.165) is 5.56 Å². The van der Waals surface area contributed by atoms with Crippen molar-refractivity contribution >= 4 is 15.9 Å². The van der Waals surface area contributed by atoms with E-state index in [2.05, 4.69) is 10.5 Å². The largest absolute Gasteiger partial charge is 0.379 e. The molecule has 1 fully saturated rings. The van der Waals surface area contributed by atoms with Crippen LogP contribution in [0.4, 0.5) is 0 Å². The van der Waals surface area contributed by atoms with Gasteiger partial charge in [0.15, 0.2) is 0 Å². The van der Waals surface area contributed by atoms with Crippen molar-refractivity contribution in [2.24, 2.45) is 5.92 Å². The molecule has 3 rings (SSSR count). The first-order chi connectivity index (χ1) is 12.4. The van der Waals surface area contributed by atoms with Gasteiger partial charge in [-0.3, -0.25) is 4.79 Å². The maximum Gasteiger partial charge on any atom is 0.290 e. The topological polar surface area (TPSA) is 102 Å². The van der Waals surface area contributed by atoms with E-state index >= 15 is 0 Å². The molecule has 0 unspecified atom stereocenters. The highest BCUT2D eigenvalue weighted by Gasteiger charge is 2.34. The maximum atomic E-state index is 12.4. The number of hydrogen-bond donors (Lipinski definition) is 1. The Morgan fingerprint density at radius 2 is 2.00 bits per heavy atom. The van der Waals surface area contributed by atoms with Crippen LogP contribution in [0.5, 0.6) is 0 Å². The summed E-state index contributed by atoms with van der Waals surface area (Å²) in [7, 11) is -0.412. The number of aromatic nitrogens is 1. The third-order valence-corrected chi connectivity index (χ3v) is 6.26. The summed E-state index contributed by atoms with van der Waals surface area (Å²) in [4.78, 5) is 12.4. The third kappa shape index (κ3) is 4.12. The van der Waals surface area contributed by atoms with Gasteiger partial charge in [0, 0.05) is 31.6 Å². The van der Waals surface area contributed by atoms with Gasteiger partial charge in [-0.15, -0.1) is 0 Å². The average molecular weight is 379 g/mol. The molecular formula is C17H21N3O5S. The number of hydrogen-bond acceptors (Lipinski definition) is 6. The monoisotopic (exact) mass is 379 g/mol. The highest BCUT2D eigenvalue weighted by Crippen LogP contribution is 2.20. The Morgan fingerprint density at radius 1 is 1.27 bits per heavy atom. The molecule has 2 atom stereocenters. The van der Waals surface area contributed by atoms with Gasteiger partial charge in [-0.05, 0) is 0 Å². The van der Waals surface area contributed by atoms with Gasteiger partial charge in [0.25, 0.3) is 5.91 Å². The first kappa shape index (κ1) is 18.6. The van der Waals surface area contributed by atoms with Gasteiger partial charge in [0.2, 0.25) is 15.8 Å². The predicted molar refractivity (Wildman–Crippen MR) is 95.0 cm³/mol. The van der Waals surface area contributed by atoms with E-state index in [1.54, 1.807) is 6.07 Å². The summed E-state index contributed by atoms with van der Waals surface area (Å²) in [5.41, 5.74) is 1.40. The second-order valence-electron chi connectivity index (χ2n) is 6.38. The zero-order chi connectivity index (χ0) is 18.7. The highest BCUT2D eigenvalue weighted by molar-refractivity contribution is 7.89. The van der Waals surface area contributed by atoms with Crippen molar-refractivity contribution < 1.29 is 22.5 Å². The van der Waals surface area contributed by atoms with Gasteiger partial charge in [0.1, 0.15) is 5.69 Å². The molecule has 2 heterocycles. The molecule has 2 aromatic rings. The number of carbonyl (C=O) groups excluding carboxylic acids is 1. The first-order valence-corrected chi connectivity index (χ1v) is 9.78. The molecule has 1 aliphatic heterocycles. The fraction of sp³-hybridized carbons (Fsp3) is 0.412. The lowest BCUT2D eigenvalue weighted by molar-refractivity contribution is 0.0889. The van der Waals surface area contributed by atoms with Crippen molar-refractivity contribution in [1.29, 1.82) is 0 Å². The van der Waals surface area contributed by atoms with Gasteiger partial charge in [-0.1, -0.05) is 35.5 Å². The van der Waals surface area contributed by atoms with Crippen LogP contribution >= 0.6 is 0 Å². The Hall–Kier alpha value is -2.23. The van der Waals surface area contributed by atoms with Crippen LogP contribution in [0, 0.1) is 5.92 Å². The van der Waals surface area contributed by atoms with E-state index < -0.39 is 22.0 Å². The van der Waals surface area contributed by atoms with Crippen LogP contribution in [0.3, 0.4) is 0 Å². The second-order valence-corrected chi connectivity index (χ2v) is 8.61. The third-order valence-electron chi connectivity index (χ3n) is 4.30. The highest BCUT2D eigenvalue weighted by atomic mass is 32.2. The van der Waals surface area contributed by atoms with Gasteiger partial charge in [-0.25, -0.2) is 12.7 Å². The van der Waals surface area contributed by atoms with Gasteiger partial charge in [0.05, 0.1) is 25.0 Å². The number of benzene rings is 1. The minimum Gasteiger partial charge on any atom is -0.379 e. The minimum absolute atomic E-state index is 0.0740. The zero-order valence-corrected chi connectivity index (χ0v) is 15.4. The van der Waals surface area contributed by atoms with Crippen molar-refractivity contribution in [3.8, 4) is 11.3 Å². The normalized spacial score (nSPS) is 20.4. The average Bonchev–Trinajstić information content (AvgIpc) is 3.25. The van der Waals surface area contributed by atoms with Crippen molar-refractivity contribution in [3.05, 3.63) is 42.2 Å². The zero-order valence-electron chi connectivity index (χ0n) is 14.6. The van der Waals surface area contributed by atoms with Gasteiger partial charge in [-0.2, -0.15) is 0 Å². The summed E-state index contributed by atoms with van der Waals surface area (Å²) >= 11 is 0. The molecule has 0 radical (unpaired) electrons. The van der Waals surface area contributed by atoms with E-state index in [-0.39, 0.29) is 30.6 Å². The molecule has 1 saturated heterocycles. The Bertz CT molecular complexity index is 864. The number of amides is 1. The number of ether oxygens (including phenoxy) is 1. The van der Waals surface area contributed by atoms with Crippen LogP contribution in [0.1, 0.15) is 10.6 Å². The summed E-state index contributed by atoms with van der Waals surface area (Å²) in [6.07, 6.45) is 0. The molecule has 140 valence electrons. The maximum absolute atomic E-state index is 12.4. The lowest BCUT2D eigenvalue weighted by Gasteiger charge is -2.20. The lowest BCUT2D eigenvalue weighted by Crippen LogP contribution is -2.43. The number of sulfonamides is 1. The van der Waals surface area contributed by atoms with E-state index in [1.165, 1.54) is 18.4 Å². The molecule has 0 saturated carbocycles. The molecule has 9 heteroatoms. The number of nitrogens with zero attached hydrogens (tertiary/aromatic N) is 2. The lowest BCUT2D eigenvalue weighted by atomic mass is 10.1. The Balaban J connectivity index is 1.67. The van der Waals surface area contributed by atoms with E-state index in [1.807, 2.05) is 30.3 Å². The van der Waals surface area contributed by atoms with Crippen molar-refractivity contribution in [2.45, 2.75) is 6.04 Å². The summed E-state index contributed by atoms with van der Waals surface area (Å²) in [5, 5.41) is 6.70. The van der Waals surface area contributed by atoms with Crippen LogP contribution in [0.25, 0.3) is 11.3 Å². The molecule has 1 aliphatic rings. The van der Waals surface area contributed by atoms with Crippen molar-refractivity contribution in [1.82, 2.24) is 14.8 Å². The summed E-state index contributed by atoms with van der Waals surface area (Å²) in [5.74, 6) is -0.772. The van der Waals surface area contributed by atoms with Gasteiger partial charge < -0.3 is 14.6 Å². The smallest absolute Gasteiger partial charge is 0.290 e. The summed E-state index contributed by atoms with van der Waals surface area (Å²) < 4.78 is 35.8. The van der Waals surface area contributed by atoms with Crippen LogP contribution in [-0.2, 0) is 14.8 Å².